The van der Waals surface area contributed by atoms with E-state index in [0.717, 1.165) is 12.0 Å². The third-order valence-corrected chi connectivity index (χ3v) is 3.84. The predicted octanol–water partition coefficient (Wildman–Crippen LogP) is 3.16. The molecule has 2 atom stereocenters. The lowest BCUT2D eigenvalue weighted by atomic mass is 9.94. The first-order chi connectivity index (χ1) is 7.20. The lowest BCUT2D eigenvalue weighted by molar-refractivity contribution is 0.572. The molecule has 0 amide bonds. The molecule has 0 bridgehead atoms. The van der Waals surface area contributed by atoms with Crippen molar-refractivity contribution in [2.75, 3.05) is 7.05 Å². The standard InChI is InChI=1S/C14H21N/c1-10-4-5-12(8-11(10)2)13-6-7-14(9-13)15-3/h4-5,8,13-15H,6-7,9H2,1-3H3. The van der Waals surface area contributed by atoms with Crippen molar-refractivity contribution in [1.82, 2.24) is 5.32 Å². The van der Waals surface area contributed by atoms with Crippen molar-refractivity contribution in [1.29, 1.82) is 0 Å². The third-order valence-electron chi connectivity index (χ3n) is 3.84. The van der Waals surface area contributed by atoms with Gasteiger partial charge in [-0.1, -0.05) is 18.2 Å². The molecule has 2 rings (SSSR count). The van der Waals surface area contributed by atoms with Gasteiger partial charge in [0.2, 0.25) is 0 Å². The van der Waals surface area contributed by atoms with Crippen molar-refractivity contribution in [3.63, 3.8) is 0 Å². The Bertz CT molecular complexity index is 343. The quantitative estimate of drug-likeness (QED) is 0.778. The average molecular weight is 203 g/mol. The fourth-order valence-electron chi connectivity index (χ4n) is 2.57. The van der Waals surface area contributed by atoms with Crippen LogP contribution in [0, 0.1) is 13.8 Å². The molecule has 0 aliphatic heterocycles. The number of benzene rings is 1. The highest BCUT2D eigenvalue weighted by molar-refractivity contribution is 5.32. The Balaban J connectivity index is 2.13. The van der Waals surface area contributed by atoms with Crippen LogP contribution in [0.25, 0.3) is 0 Å². The lowest BCUT2D eigenvalue weighted by Crippen LogP contribution is -2.21. The van der Waals surface area contributed by atoms with Crippen molar-refractivity contribution in [3.05, 3.63) is 34.9 Å². The molecule has 15 heavy (non-hydrogen) atoms. The summed E-state index contributed by atoms with van der Waals surface area (Å²) < 4.78 is 0. The third kappa shape index (κ3) is 2.23. The van der Waals surface area contributed by atoms with E-state index in [2.05, 4.69) is 44.4 Å². The van der Waals surface area contributed by atoms with Gasteiger partial charge < -0.3 is 5.32 Å². The number of nitrogens with one attached hydrogen (secondary N) is 1. The average Bonchev–Trinajstić information content (AvgIpc) is 2.70. The van der Waals surface area contributed by atoms with Gasteiger partial charge in [0.05, 0.1) is 0 Å². The molecule has 1 fully saturated rings. The molecule has 0 heterocycles. The second-order valence-corrected chi connectivity index (χ2v) is 4.84. The Hall–Kier alpha value is -0.820. The van der Waals surface area contributed by atoms with Crippen LogP contribution in [-0.2, 0) is 0 Å². The van der Waals surface area contributed by atoms with E-state index in [0.29, 0.717) is 0 Å². The molecular weight excluding hydrogens is 182 g/mol. The van der Waals surface area contributed by atoms with Gasteiger partial charge in [-0.05, 0) is 62.8 Å². The molecule has 2 unspecified atom stereocenters. The van der Waals surface area contributed by atoms with Gasteiger partial charge in [-0.25, -0.2) is 0 Å². The number of hydrogen-bond acceptors (Lipinski definition) is 1. The molecule has 1 nitrogen and oxygen atoms in total. The molecule has 0 radical (unpaired) electrons. The number of rotatable bonds is 2. The fourth-order valence-corrected chi connectivity index (χ4v) is 2.57. The summed E-state index contributed by atoms with van der Waals surface area (Å²) in [6.45, 7) is 4.40. The lowest BCUT2D eigenvalue weighted by Gasteiger charge is -2.12. The highest BCUT2D eigenvalue weighted by Crippen LogP contribution is 2.34. The second-order valence-electron chi connectivity index (χ2n) is 4.84. The summed E-state index contributed by atoms with van der Waals surface area (Å²) >= 11 is 0. The largest absolute Gasteiger partial charge is 0.317 e. The van der Waals surface area contributed by atoms with Crippen molar-refractivity contribution in [3.8, 4) is 0 Å². The molecule has 82 valence electrons. The van der Waals surface area contributed by atoms with Crippen molar-refractivity contribution in [2.24, 2.45) is 0 Å². The highest BCUT2D eigenvalue weighted by Gasteiger charge is 2.24. The van der Waals surface area contributed by atoms with Crippen molar-refractivity contribution >= 4 is 0 Å². The van der Waals surface area contributed by atoms with Gasteiger partial charge in [0.1, 0.15) is 0 Å². The first-order valence-electron chi connectivity index (χ1n) is 5.95. The molecule has 1 saturated carbocycles. The summed E-state index contributed by atoms with van der Waals surface area (Å²) in [6.07, 6.45) is 3.97. The monoisotopic (exact) mass is 203 g/mol. The van der Waals surface area contributed by atoms with E-state index in [-0.39, 0.29) is 0 Å². The van der Waals surface area contributed by atoms with Gasteiger partial charge in [0.25, 0.3) is 0 Å². The summed E-state index contributed by atoms with van der Waals surface area (Å²) in [5, 5.41) is 3.39. The second kappa shape index (κ2) is 4.36. The van der Waals surface area contributed by atoms with E-state index in [1.807, 2.05) is 0 Å². The highest BCUT2D eigenvalue weighted by atomic mass is 14.9. The predicted molar refractivity (Wildman–Crippen MR) is 65.4 cm³/mol. The summed E-state index contributed by atoms with van der Waals surface area (Å²) in [5.41, 5.74) is 4.37. The minimum Gasteiger partial charge on any atom is -0.317 e. The zero-order chi connectivity index (χ0) is 10.8. The Morgan fingerprint density at radius 3 is 2.53 bits per heavy atom. The molecule has 0 aromatic heterocycles. The van der Waals surface area contributed by atoms with Crippen LogP contribution in [0.2, 0.25) is 0 Å². The van der Waals surface area contributed by atoms with Crippen LogP contribution in [0.3, 0.4) is 0 Å². The minimum atomic E-state index is 0.733. The van der Waals surface area contributed by atoms with Gasteiger partial charge in [0.15, 0.2) is 0 Å². The maximum absolute atomic E-state index is 3.39. The van der Waals surface area contributed by atoms with Gasteiger partial charge in [-0.15, -0.1) is 0 Å². The van der Waals surface area contributed by atoms with E-state index in [1.54, 1.807) is 0 Å². The van der Waals surface area contributed by atoms with E-state index in [1.165, 1.54) is 36.0 Å². The Morgan fingerprint density at radius 1 is 1.13 bits per heavy atom. The van der Waals surface area contributed by atoms with E-state index in [9.17, 15) is 0 Å². The molecule has 1 aromatic rings. The first-order valence-corrected chi connectivity index (χ1v) is 5.95. The van der Waals surface area contributed by atoms with Crippen LogP contribution in [0.1, 0.15) is 41.9 Å². The van der Waals surface area contributed by atoms with Crippen LogP contribution in [-0.4, -0.2) is 13.1 Å². The zero-order valence-electron chi connectivity index (χ0n) is 10.0. The minimum absolute atomic E-state index is 0.733. The van der Waals surface area contributed by atoms with Gasteiger partial charge in [-0.2, -0.15) is 0 Å². The van der Waals surface area contributed by atoms with Crippen LogP contribution >= 0.6 is 0 Å². The molecule has 1 aliphatic rings. The maximum Gasteiger partial charge on any atom is 0.00701 e. The SMILES string of the molecule is CNC1CCC(c2ccc(C)c(C)c2)C1. The summed E-state index contributed by atoms with van der Waals surface area (Å²) in [6, 6.07) is 7.68. The first kappa shape index (κ1) is 10.7. The topological polar surface area (TPSA) is 12.0 Å². The summed E-state index contributed by atoms with van der Waals surface area (Å²) in [5.74, 6) is 0.779. The smallest absolute Gasteiger partial charge is 0.00701 e. The normalized spacial score (nSPS) is 25.8. The fraction of sp³-hybridized carbons (Fsp3) is 0.571. The maximum atomic E-state index is 3.39. The van der Waals surface area contributed by atoms with Gasteiger partial charge >= 0.3 is 0 Å². The molecule has 1 aromatic carbocycles. The van der Waals surface area contributed by atoms with E-state index >= 15 is 0 Å². The van der Waals surface area contributed by atoms with Gasteiger partial charge in [-0.3, -0.25) is 0 Å². The van der Waals surface area contributed by atoms with Gasteiger partial charge in [0, 0.05) is 6.04 Å². The number of hydrogen-bond donors (Lipinski definition) is 1. The molecule has 0 spiro atoms. The van der Waals surface area contributed by atoms with E-state index in [4.69, 9.17) is 0 Å². The zero-order valence-corrected chi connectivity index (χ0v) is 10.0. The summed E-state index contributed by atoms with van der Waals surface area (Å²) in [4.78, 5) is 0. The molecule has 0 saturated heterocycles. The van der Waals surface area contributed by atoms with Crippen molar-refractivity contribution in [2.45, 2.75) is 45.1 Å². The molecule has 1 aliphatic carbocycles. The Morgan fingerprint density at radius 2 is 1.93 bits per heavy atom. The Kier molecular flexibility index (Phi) is 3.11. The van der Waals surface area contributed by atoms with Crippen LogP contribution in [0.5, 0.6) is 0 Å². The molecular formula is C14H21N. The van der Waals surface area contributed by atoms with E-state index < -0.39 is 0 Å². The summed E-state index contributed by atoms with van der Waals surface area (Å²) in [7, 11) is 2.08. The van der Waals surface area contributed by atoms with Crippen LogP contribution in [0.4, 0.5) is 0 Å². The van der Waals surface area contributed by atoms with Crippen molar-refractivity contribution < 1.29 is 0 Å². The Labute approximate surface area is 92.9 Å². The van der Waals surface area contributed by atoms with Crippen LogP contribution < -0.4 is 5.32 Å². The molecule has 1 heteroatoms. The van der Waals surface area contributed by atoms with Crippen LogP contribution in [0.15, 0.2) is 18.2 Å². The molecule has 1 N–H and O–H groups in total. The number of aryl methyl sites for hydroxylation is 2.